The normalized spacial score (nSPS) is 16.6. The molecule has 2 heterocycles. The van der Waals surface area contributed by atoms with E-state index in [4.69, 9.17) is 10.7 Å². The predicted molar refractivity (Wildman–Crippen MR) is 109 cm³/mol. The molecule has 1 aromatic carbocycles. The summed E-state index contributed by atoms with van der Waals surface area (Å²) in [6.07, 6.45) is -0.284. The number of rotatable bonds is 3. The number of amides is 1. The lowest BCUT2D eigenvalue weighted by atomic mass is 9.85. The highest BCUT2D eigenvalue weighted by atomic mass is 32.1. The van der Waals surface area contributed by atoms with Crippen molar-refractivity contribution >= 4 is 38.8 Å². The maximum absolute atomic E-state index is 12.7. The molecule has 4 nitrogen and oxygen atoms in total. The minimum atomic E-state index is -4.42. The second-order valence-corrected chi connectivity index (χ2v) is 8.34. The zero-order chi connectivity index (χ0) is 20.8. The molecule has 0 fully saturated rings. The van der Waals surface area contributed by atoms with E-state index in [2.05, 4.69) is 12.2 Å². The van der Waals surface area contributed by atoms with E-state index >= 15 is 0 Å². The first-order chi connectivity index (χ1) is 13.8. The first-order valence-electron chi connectivity index (χ1n) is 9.45. The molecule has 0 spiro atoms. The number of halogens is 3. The number of alkyl halides is 3. The summed E-state index contributed by atoms with van der Waals surface area (Å²) in [5, 5.41) is 3.39. The van der Waals surface area contributed by atoms with Crippen LogP contribution in [0.4, 0.5) is 24.5 Å². The Morgan fingerprint density at radius 2 is 2.03 bits per heavy atom. The smallest absolute Gasteiger partial charge is 0.397 e. The van der Waals surface area contributed by atoms with Gasteiger partial charge in [-0.15, -0.1) is 11.3 Å². The molecule has 4 rings (SSSR count). The number of carbonyl (C=O) groups is 1. The Morgan fingerprint density at radius 1 is 1.31 bits per heavy atom. The van der Waals surface area contributed by atoms with Crippen LogP contribution in [0.2, 0.25) is 0 Å². The highest BCUT2D eigenvalue weighted by Crippen LogP contribution is 2.37. The number of benzene rings is 1. The van der Waals surface area contributed by atoms with Gasteiger partial charge in [0.25, 0.3) is 5.91 Å². The molecule has 1 atom stereocenters. The third kappa shape index (κ3) is 3.81. The van der Waals surface area contributed by atoms with Gasteiger partial charge >= 0.3 is 6.18 Å². The van der Waals surface area contributed by atoms with Crippen molar-refractivity contribution in [2.45, 2.75) is 38.8 Å². The number of anilines is 2. The van der Waals surface area contributed by atoms with Crippen molar-refractivity contribution in [3.05, 3.63) is 52.0 Å². The lowest BCUT2D eigenvalue weighted by molar-refractivity contribution is -0.137. The molecule has 0 saturated heterocycles. The third-order valence-corrected chi connectivity index (χ3v) is 6.56. The van der Waals surface area contributed by atoms with Gasteiger partial charge in [-0.2, -0.15) is 13.2 Å². The fourth-order valence-corrected chi connectivity index (χ4v) is 4.70. The van der Waals surface area contributed by atoms with Crippen molar-refractivity contribution in [2.75, 3.05) is 11.1 Å². The Bertz CT molecular complexity index is 1070. The minimum absolute atomic E-state index is 0.276. The minimum Gasteiger partial charge on any atom is -0.397 e. The molecule has 0 saturated carbocycles. The SMILES string of the molecule is CCC1CCc2nc3sc(C(=O)Nc4ccc(C(F)(F)F)cc4)c(N)c3cc2C1. The molecule has 2 aromatic heterocycles. The van der Waals surface area contributed by atoms with E-state index in [9.17, 15) is 18.0 Å². The van der Waals surface area contributed by atoms with Gasteiger partial charge in [-0.3, -0.25) is 4.79 Å². The van der Waals surface area contributed by atoms with E-state index in [1.165, 1.54) is 29.0 Å². The van der Waals surface area contributed by atoms with Crippen molar-refractivity contribution in [3.8, 4) is 0 Å². The van der Waals surface area contributed by atoms with Crippen LogP contribution in [-0.4, -0.2) is 10.9 Å². The Balaban J connectivity index is 1.60. The monoisotopic (exact) mass is 419 g/mol. The number of nitrogen functional groups attached to an aromatic ring is 1. The van der Waals surface area contributed by atoms with Gasteiger partial charge < -0.3 is 11.1 Å². The average Bonchev–Trinajstić information content (AvgIpc) is 3.01. The number of aryl methyl sites for hydroxylation is 1. The van der Waals surface area contributed by atoms with Crippen molar-refractivity contribution in [3.63, 3.8) is 0 Å². The summed E-state index contributed by atoms with van der Waals surface area (Å²) in [7, 11) is 0. The van der Waals surface area contributed by atoms with Crippen LogP contribution in [-0.2, 0) is 19.0 Å². The molecule has 0 radical (unpaired) electrons. The first kappa shape index (κ1) is 19.7. The molecule has 3 aromatic rings. The quantitative estimate of drug-likeness (QED) is 0.575. The molecule has 1 unspecified atom stereocenters. The van der Waals surface area contributed by atoms with Crippen LogP contribution in [0.1, 0.15) is 46.3 Å². The zero-order valence-electron chi connectivity index (χ0n) is 15.8. The number of thiophene rings is 1. The fourth-order valence-electron chi connectivity index (χ4n) is 3.71. The van der Waals surface area contributed by atoms with E-state index in [0.717, 1.165) is 48.9 Å². The molecule has 29 heavy (non-hydrogen) atoms. The van der Waals surface area contributed by atoms with Gasteiger partial charge in [-0.05, 0) is 61.1 Å². The topological polar surface area (TPSA) is 68.0 Å². The van der Waals surface area contributed by atoms with E-state index in [-0.39, 0.29) is 5.69 Å². The summed E-state index contributed by atoms with van der Waals surface area (Å²) in [5.74, 6) is 0.193. The number of nitrogens with one attached hydrogen (secondary N) is 1. The van der Waals surface area contributed by atoms with Crippen LogP contribution in [0, 0.1) is 5.92 Å². The Kier molecular flexibility index (Phi) is 4.98. The van der Waals surface area contributed by atoms with Gasteiger partial charge in [0.05, 0.1) is 11.3 Å². The second kappa shape index (κ2) is 7.33. The van der Waals surface area contributed by atoms with Crippen molar-refractivity contribution in [1.29, 1.82) is 0 Å². The molecule has 0 bridgehead atoms. The average molecular weight is 419 g/mol. The van der Waals surface area contributed by atoms with Gasteiger partial charge in [0.15, 0.2) is 0 Å². The fraction of sp³-hybridized carbons (Fsp3) is 0.333. The van der Waals surface area contributed by atoms with Crippen LogP contribution in [0.15, 0.2) is 30.3 Å². The van der Waals surface area contributed by atoms with E-state index in [1.807, 2.05) is 6.07 Å². The number of fused-ring (bicyclic) bond motifs is 2. The van der Waals surface area contributed by atoms with Crippen LogP contribution in [0.3, 0.4) is 0 Å². The molecule has 8 heteroatoms. The van der Waals surface area contributed by atoms with Gasteiger partial charge in [0.2, 0.25) is 0 Å². The lowest BCUT2D eigenvalue weighted by Gasteiger charge is -2.22. The number of nitrogens with zero attached hydrogens (tertiary/aromatic N) is 1. The summed E-state index contributed by atoms with van der Waals surface area (Å²) >= 11 is 1.21. The number of nitrogens with two attached hydrogens (primary N) is 1. The van der Waals surface area contributed by atoms with Crippen molar-refractivity contribution in [1.82, 2.24) is 4.98 Å². The van der Waals surface area contributed by atoms with Gasteiger partial charge in [-0.25, -0.2) is 4.98 Å². The summed E-state index contributed by atoms with van der Waals surface area (Å²) in [5.41, 5.74) is 8.37. The van der Waals surface area contributed by atoms with Gasteiger partial charge in [0.1, 0.15) is 9.71 Å². The van der Waals surface area contributed by atoms with Crippen molar-refractivity contribution < 1.29 is 18.0 Å². The standard InChI is InChI=1S/C21H20F3N3OS/c1-2-11-3-8-16-12(9-11)10-15-17(25)18(29-20(15)27-16)19(28)26-14-6-4-13(5-7-14)21(22,23)24/h4-7,10-11H,2-3,8-9,25H2,1H3,(H,26,28). The van der Waals surface area contributed by atoms with Crippen LogP contribution >= 0.6 is 11.3 Å². The number of aromatic nitrogens is 1. The number of hydrogen-bond donors (Lipinski definition) is 2. The third-order valence-electron chi connectivity index (χ3n) is 5.44. The van der Waals surface area contributed by atoms with E-state index in [1.54, 1.807) is 0 Å². The van der Waals surface area contributed by atoms with E-state index in [0.29, 0.717) is 21.3 Å². The highest BCUT2D eigenvalue weighted by Gasteiger charge is 2.30. The molecule has 3 N–H and O–H groups in total. The highest BCUT2D eigenvalue weighted by molar-refractivity contribution is 7.21. The number of pyridine rings is 1. The summed E-state index contributed by atoms with van der Waals surface area (Å²) in [6, 6.07) is 6.37. The molecule has 1 aliphatic rings. The predicted octanol–water partition coefficient (Wildman–Crippen LogP) is 5.66. The summed E-state index contributed by atoms with van der Waals surface area (Å²) < 4.78 is 38.1. The van der Waals surface area contributed by atoms with Crippen LogP contribution < -0.4 is 11.1 Å². The molecule has 152 valence electrons. The Labute approximate surface area is 169 Å². The Hall–Kier alpha value is -2.61. The first-order valence-corrected chi connectivity index (χ1v) is 10.3. The molecule has 1 aliphatic carbocycles. The second-order valence-electron chi connectivity index (χ2n) is 7.34. The Morgan fingerprint density at radius 3 is 2.69 bits per heavy atom. The molecular weight excluding hydrogens is 399 g/mol. The van der Waals surface area contributed by atoms with E-state index < -0.39 is 17.6 Å². The molecule has 1 amide bonds. The maximum atomic E-state index is 12.7. The molecule has 0 aliphatic heterocycles. The number of carbonyl (C=O) groups excluding carboxylic acids is 1. The zero-order valence-corrected chi connectivity index (χ0v) is 16.6. The van der Waals surface area contributed by atoms with Crippen LogP contribution in [0.5, 0.6) is 0 Å². The lowest BCUT2D eigenvalue weighted by Crippen LogP contribution is -2.14. The van der Waals surface area contributed by atoms with Crippen molar-refractivity contribution in [2.24, 2.45) is 5.92 Å². The van der Waals surface area contributed by atoms with Gasteiger partial charge in [-0.1, -0.05) is 13.3 Å². The maximum Gasteiger partial charge on any atom is 0.416 e. The summed E-state index contributed by atoms with van der Waals surface area (Å²) in [6.45, 7) is 2.18. The van der Waals surface area contributed by atoms with Gasteiger partial charge in [0, 0.05) is 16.8 Å². The molecular formula is C21H20F3N3OS. The number of hydrogen-bond acceptors (Lipinski definition) is 4. The van der Waals surface area contributed by atoms with Crippen LogP contribution in [0.25, 0.3) is 10.2 Å². The largest absolute Gasteiger partial charge is 0.416 e. The summed E-state index contributed by atoms with van der Waals surface area (Å²) in [4.78, 5) is 18.4.